The van der Waals surface area contributed by atoms with Crippen LogP contribution in [0.15, 0.2) is 12.7 Å². The lowest BCUT2D eigenvalue weighted by Crippen LogP contribution is -2.23. The van der Waals surface area contributed by atoms with Gasteiger partial charge in [0.1, 0.15) is 0 Å². The first-order valence-corrected chi connectivity index (χ1v) is 3.99. The molecule has 0 aromatic carbocycles. The molecule has 0 saturated heterocycles. The van der Waals surface area contributed by atoms with E-state index in [2.05, 4.69) is 6.58 Å². The molecule has 0 radical (unpaired) electrons. The van der Waals surface area contributed by atoms with Crippen LogP contribution in [0.5, 0.6) is 0 Å². The maximum Gasteiger partial charge on any atom is 0.225 e. The Balaban J connectivity index is 2.31. The summed E-state index contributed by atoms with van der Waals surface area (Å²) >= 11 is 0. The van der Waals surface area contributed by atoms with Crippen molar-refractivity contribution in [2.75, 3.05) is 14.1 Å². The molecule has 2 nitrogen and oxygen atoms in total. The van der Waals surface area contributed by atoms with Gasteiger partial charge in [0.05, 0.1) is 0 Å². The lowest BCUT2D eigenvalue weighted by atomic mass is 10.2. The third kappa shape index (κ3) is 1.82. The summed E-state index contributed by atoms with van der Waals surface area (Å²) in [5.74, 6) is 1.15. The van der Waals surface area contributed by atoms with E-state index in [1.165, 1.54) is 0 Å². The number of amides is 1. The molecule has 2 atom stereocenters. The zero-order valence-corrected chi connectivity index (χ0v) is 7.21. The normalized spacial score (nSPS) is 27.8. The molecule has 2 unspecified atom stereocenters. The maximum atomic E-state index is 11.3. The van der Waals surface area contributed by atoms with Gasteiger partial charge in [-0.05, 0) is 18.8 Å². The van der Waals surface area contributed by atoms with Gasteiger partial charge in [0.2, 0.25) is 5.91 Å². The molecule has 0 N–H and O–H groups in total. The van der Waals surface area contributed by atoms with Crippen molar-refractivity contribution in [3.05, 3.63) is 12.7 Å². The monoisotopic (exact) mass is 153 g/mol. The highest BCUT2D eigenvalue weighted by molar-refractivity contribution is 5.81. The van der Waals surface area contributed by atoms with Gasteiger partial charge in [-0.2, -0.15) is 0 Å². The quantitative estimate of drug-likeness (QED) is 0.559. The fourth-order valence-electron chi connectivity index (χ4n) is 1.36. The Morgan fingerprint density at radius 2 is 2.36 bits per heavy atom. The Hall–Kier alpha value is -0.790. The molecule has 2 heteroatoms. The van der Waals surface area contributed by atoms with Gasteiger partial charge in [-0.15, -0.1) is 6.58 Å². The molecule has 1 fully saturated rings. The van der Waals surface area contributed by atoms with Crippen LogP contribution in [0.25, 0.3) is 0 Å². The van der Waals surface area contributed by atoms with Gasteiger partial charge in [-0.25, -0.2) is 0 Å². The molecule has 62 valence electrons. The van der Waals surface area contributed by atoms with Gasteiger partial charge < -0.3 is 4.90 Å². The number of carbonyl (C=O) groups excluding carboxylic acids is 1. The Bertz CT molecular complexity index is 174. The van der Waals surface area contributed by atoms with E-state index in [0.717, 1.165) is 12.8 Å². The van der Waals surface area contributed by atoms with Gasteiger partial charge in [0.15, 0.2) is 0 Å². The van der Waals surface area contributed by atoms with Crippen LogP contribution >= 0.6 is 0 Å². The predicted octanol–water partition coefficient (Wildman–Crippen LogP) is 1.29. The molecule has 1 amide bonds. The van der Waals surface area contributed by atoms with E-state index in [9.17, 15) is 4.79 Å². The predicted molar refractivity (Wildman–Crippen MR) is 45.1 cm³/mol. The molecular weight excluding hydrogens is 138 g/mol. The first-order chi connectivity index (χ1) is 5.16. The average molecular weight is 153 g/mol. The van der Waals surface area contributed by atoms with Gasteiger partial charge in [-0.3, -0.25) is 4.79 Å². The smallest absolute Gasteiger partial charge is 0.225 e. The summed E-state index contributed by atoms with van der Waals surface area (Å²) in [6.07, 6.45) is 3.95. The number of nitrogens with zero attached hydrogens (tertiary/aromatic N) is 1. The number of allylic oxidation sites excluding steroid dienone is 1. The van der Waals surface area contributed by atoms with Gasteiger partial charge in [-0.1, -0.05) is 6.08 Å². The molecule has 0 bridgehead atoms. The minimum atomic E-state index is 0.275. The van der Waals surface area contributed by atoms with Crippen LogP contribution in [0.1, 0.15) is 12.8 Å². The molecular formula is C9H15NO. The summed E-state index contributed by atoms with van der Waals surface area (Å²) in [7, 11) is 3.62. The summed E-state index contributed by atoms with van der Waals surface area (Å²) in [4.78, 5) is 13.0. The first-order valence-electron chi connectivity index (χ1n) is 3.99. The van der Waals surface area contributed by atoms with Crippen LogP contribution in [-0.2, 0) is 4.79 Å². The molecule has 1 aliphatic carbocycles. The van der Waals surface area contributed by atoms with Crippen LogP contribution in [-0.4, -0.2) is 24.9 Å². The van der Waals surface area contributed by atoms with E-state index in [4.69, 9.17) is 0 Å². The number of rotatable bonds is 3. The van der Waals surface area contributed by atoms with Crippen molar-refractivity contribution in [1.82, 2.24) is 4.90 Å². The largest absolute Gasteiger partial charge is 0.349 e. The van der Waals surface area contributed by atoms with Crippen molar-refractivity contribution in [1.29, 1.82) is 0 Å². The zero-order valence-electron chi connectivity index (χ0n) is 7.21. The summed E-state index contributed by atoms with van der Waals surface area (Å²) in [6, 6.07) is 0. The highest BCUT2D eigenvalue weighted by Gasteiger charge is 2.42. The maximum absolute atomic E-state index is 11.3. The third-order valence-electron chi connectivity index (χ3n) is 2.15. The summed E-state index contributed by atoms with van der Waals surface area (Å²) in [6.45, 7) is 3.65. The SMILES string of the molecule is C=CCC1CC1C(=O)N(C)C. The van der Waals surface area contributed by atoms with Crippen LogP contribution in [0.4, 0.5) is 0 Å². The Morgan fingerprint density at radius 1 is 1.73 bits per heavy atom. The van der Waals surface area contributed by atoms with Crippen molar-refractivity contribution >= 4 is 5.91 Å². The molecule has 0 heterocycles. The Morgan fingerprint density at radius 3 is 2.82 bits per heavy atom. The molecule has 0 aromatic rings. The summed E-state index contributed by atoms with van der Waals surface area (Å²) in [5.41, 5.74) is 0. The zero-order chi connectivity index (χ0) is 8.43. The lowest BCUT2D eigenvalue weighted by molar-refractivity contribution is -0.130. The van der Waals surface area contributed by atoms with E-state index in [1.807, 2.05) is 20.2 Å². The van der Waals surface area contributed by atoms with Crippen molar-refractivity contribution in [3.63, 3.8) is 0 Å². The summed E-state index contributed by atoms with van der Waals surface area (Å²) < 4.78 is 0. The van der Waals surface area contributed by atoms with Gasteiger partial charge >= 0.3 is 0 Å². The van der Waals surface area contributed by atoms with E-state index in [0.29, 0.717) is 11.8 Å². The summed E-state index contributed by atoms with van der Waals surface area (Å²) in [5, 5.41) is 0. The highest BCUT2D eigenvalue weighted by Crippen LogP contribution is 2.42. The van der Waals surface area contributed by atoms with E-state index >= 15 is 0 Å². The fourth-order valence-corrected chi connectivity index (χ4v) is 1.36. The van der Waals surface area contributed by atoms with Crippen molar-refractivity contribution in [3.8, 4) is 0 Å². The second-order valence-electron chi connectivity index (χ2n) is 3.36. The second kappa shape index (κ2) is 3.07. The van der Waals surface area contributed by atoms with Gasteiger partial charge in [0, 0.05) is 20.0 Å². The van der Waals surface area contributed by atoms with Crippen molar-refractivity contribution in [2.45, 2.75) is 12.8 Å². The molecule has 1 rings (SSSR count). The topological polar surface area (TPSA) is 20.3 Å². The molecule has 1 saturated carbocycles. The van der Waals surface area contributed by atoms with Crippen LogP contribution < -0.4 is 0 Å². The average Bonchev–Trinajstić information content (AvgIpc) is 2.67. The molecule has 0 aromatic heterocycles. The van der Waals surface area contributed by atoms with E-state index in [1.54, 1.807) is 4.90 Å². The minimum Gasteiger partial charge on any atom is -0.349 e. The molecule has 0 aliphatic heterocycles. The van der Waals surface area contributed by atoms with Crippen molar-refractivity contribution in [2.24, 2.45) is 11.8 Å². The fraction of sp³-hybridized carbons (Fsp3) is 0.667. The van der Waals surface area contributed by atoms with Crippen LogP contribution in [0.3, 0.4) is 0 Å². The Kier molecular flexibility index (Phi) is 2.32. The number of carbonyl (C=O) groups is 1. The standard InChI is InChI=1S/C9H15NO/c1-4-5-7-6-8(7)9(11)10(2)3/h4,7-8H,1,5-6H2,2-3H3. The number of hydrogen-bond acceptors (Lipinski definition) is 1. The van der Waals surface area contributed by atoms with Gasteiger partial charge in [0.25, 0.3) is 0 Å². The molecule has 11 heavy (non-hydrogen) atoms. The number of hydrogen-bond donors (Lipinski definition) is 0. The van der Waals surface area contributed by atoms with E-state index in [-0.39, 0.29) is 5.91 Å². The minimum absolute atomic E-state index is 0.275. The molecule has 0 spiro atoms. The lowest BCUT2D eigenvalue weighted by Gasteiger charge is -2.08. The third-order valence-corrected chi connectivity index (χ3v) is 2.15. The van der Waals surface area contributed by atoms with E-state index < -0.39 is 0 Å². The second-order valence-corrected chi connectivity index (χ2v) is 3.36. The molecule has 1 aliphatic rings. The van der Waals surface area contributed by atoms with Crippen LogP contribution in [0, 0.1) is 11.8 Å². The Labute approximate surface area is 67.9 Å². The highest BCUT2D eigenvalue weighted by atomic mass is 16.2. The van der Waals surface area contributed by atoms with Crippen molar-refractivity contribution < 1.29 is 4.79 Å². The van der Waals surface area contributed by atoms with Crippen LogP contribution in [0.2, 0.25) is 0 Å². The first kappa shape index (κ1) is 8.31.